The standard InChI is InChI=1S/C12H12N6O2S/c1-9-11(8-14-16-9)21(19,20)17-10-3-4-12(13-7-10)18-6-2-5-15-18/h2-8,17H,1H3,(H,14,16). The molecule has 0 aliphatic heterocycles. The van der Waals surface area contributed by atoms with Crippen LogP contribution in [-0.4, -0.2) is 33.4 Å². The molecule has 0 atom stereocenters. The number of nitrogens with one attached hydrogen (secondary N) is 2. The molecule has 0 saturated carbocycles. The fraction of sp³-hybridized carbons (Fsp3) is 0.0833. The molecule has 3 aromatic heterocycles. The van der Waals surface area contributed by atoms with Crippen LogP contribution in [0, 0.1) is 6.92 Å². The number of nitrogens with zero attached hydrogens (tertiary/aromatic N) is 4. The SMILES string of the molecule is Cc1[nH]ncc1S(=O)(=O)Nc1ccc(-n2cccn2)nc1. The fourth-order valence-electron chi connectivity index (χ4n) is 1.81. The van der Waals surface area contributed by atoms with Gasteiger partial charge in [0.25, 0.3) is 10.0 Å². The van der Waals surface area contributed by atoms with Gasteiger partial charge in [-0.1, -0.05) is 0 Å². The van der Waals surface area contributed by atoms with Crippen molar-refractivity contribution in [1.29, 1.82) is 0 Å². The highest BCUT2D eigenvalue weighted by molar-refractivity contribution is 7.92. The van der Waals surface area contributed by atoms with Gasteiger partial charge in [-0.15, -0.1) is 0 Å². The van der Waals surface area contributed by atoms with Crippen LogP contribution in [0.25, 0.3) is 5.82 Å². The number of aryl methyl sites for hydroxylation is 1. The summed E-state index contributed by atoms with van der Waals surface area (Å²) in [6.45, 7) is 1.64. The van der Waals surface area contributed by atoms with E-state index >= 15 is 0 Å². The van der Waals surface area contributed by atoms with Gasteiger partial charge in [0.05, 0.1) is 23.8 Å². The quantitative estimate of drug-likeness (QED) is 0.751. The first-order valence-electron chi connectivity index (χ1n) is 6.05. The Morgan fingerprint density at radius 2 is 2.14 bits per heavy atom. The summed E-state index contributed by atoms with van der Waals surface area (Å²) >= 11 is 0. The number of sulfonamides is 1. The van der Waals surface area contributed by atoms with Crippen molar-refractivity contribution < 1.29 is 8.42 Å². The van der Waals surface area contributed by atoms with E-state index in [4.69, 9.17) is 0 Å². The number of aromatic nitrogens is 5. The second-order valence-corrected chi connectivity index (χ2v) is 5.97. The van der Waals surface area contributed by atoms with Gasteiger partial charge in [0.2, 0.25) is 0 Å². The lowest BCUT2D eigenvalue weighted by Gasteiger charge is -2.07. The molecule has 0 radical (unpaired) electrons. The van der Waals surface area contributed by atoms with Gasteiger partial charge in [0.15, 0.2) is 5.82 Å². The highest BCUT2D eigenvalue weighted by Crippen LogP contribution is 2.17. The Hall–Kier alpha value is -2.68. The van der Waals surface area contributed by atoms with Crippen molar-refractivity contribution in [2.75, 3.05) is 4.72 Å². The molecule has 0 saturated heterocycles. The van der Waals surface area contributed by atoms with Crippen molar-refractivity contribution in [3.05, 3.63) is 48.7 Å². The Balaban J connectivity index is 1.84. The van der Waals surface area contributed by atoms with Crippen molar-refractivity contribution in [3.63, 3.8) is 0 Å². The predicted octanol–water partition coefficient (Wildman–Crippen LogP) is 1.10. The zero-order valence-electron chi connectivity index (χ0n) is 11.1. The van der Waals surface area contributed by atoms with Gasteiger partial charge in [-0.05, 0) is 25.1 Å². The van der Waals surface area contributed by atoms with Crippen LogP contribution in [0.3, 0.4) is 0 Å². The largest absolute Gasteiger partial charge is 0.281 e. The summed E-state index contributed by atoms with van der Waals surface area (Å²) in [7, 11) is -3.67. The smallest absolute Gasteiger partial charge is 0.265 e. The highest BCUT2D eigenvalue weighted by atomic mass is 32.2. The number of H-pyrrole nitrogens is 1. The average molecular weight is 304 g/mol. The minimum absolute atomic E-state index is 0.110. The first-order valence-corrected chi connectivity index (χ1v) is 7.53. The molecule has 108 valence electrons. The third kappa shape index (κ3) is 2.63. The number of anilines is 1. The monoisotopic (exact) mass is 304 g/mol. The third-order valence-corrected chi connectivity index (χ3v) is 4.31. The van der Waals surface area contributed by atoms with Crippen LogP contribution >= 0.6 is 0 Å². The Morgan fingerprint density at radius 3 is 2.71 bits per heavy atom. The molecule has 2 N–H and O–H groups in total. The molecular formula is C12H12N6O2S. The van der Waals surface area contributed by atoms with Crippen molar-refractivity contribution in [2.24, 2.45) is 0 Å². The molecule has 3 aromatic rings. The maximum absolute atomic E-state index is 12.2. The van der Waals surface area contributed by atoms with E-state index in [1.807, 2.05) is 0 Å². The number of hydrogen-bond donors (Lipinski definition) is 2. The van der Waals surface area contributed by atoms with E-state index in [0.29, 0.717) is 17.2 Å². The van der Waals surface area contributed by atoms with E-state index in [0.717, 1.165) is 0 Å². The van der Waals surface area contributed by atoms with E-state index in [2.05, 4.69) is 25.0 Å². The lowest BCUT2D eigenvalue weighted by Crippen LogP contribution is -2.13. The maximum Gasteiger partial charge on any atom is 0.265 e. The Kier molecular flexibility index (Phi) is 3.18. The summed E-state index contributed by atoms with van der Waals surface area (Å²) in [6.07, 6.45) is 6.09. The van der Waals surface area contributed by atoms with E-state index in [-0.39, 0.29) is 4.90 Å². The molecule has 0 aromatic carbocycles. The van der Waals surface area contributed by atoms with Gasteiger partial charge in [0, 0.05) is 12.4 Å². The molecule has 3 rings (SSSR count). The van der Waals surface area contributed by atoms with Gasteiger partial charge in [-0.25, -0.2) is 18.1 Å². The molecule has 0 amide bonds. The Bertz CT molecular complexity index is 836. The van der Waals surface area contributed by atoms with Gasteiger partial charge in [-0.2, -0.15) is 10.2 Å². The molecule has 8 nitrogen and oxygen atoms in total. The van der Waals surface area contributed by atoms with E-state index in [9.17, 15) is 8.42 Å². The summed E-state index contributed by atoms with van der Waals surface area (Å²) in [6, 6.07) is 5.07. The van der Waals surface area contributed by atoms with Crippen LogP contribution in [0.5, 0.6) is 0 Å². The summed E-state index contributed by atoms with van der Waals surface area (Å²) in [5.41, 5.74) is 0.843. The molecular weight excluding hydrogens is 292 g/mol. The lowest BCUT2D eigenvalue weighted by atomic mass is 10.4. The summed E-state index contributed by atoms with van der Waals surface area (Å²) < 4.78 is 28.4. The van der Waals surface area contributed by atoms with E-state index < -0.39 is 10.0 Å². The van der Waals surface area contributed by atoms with Gasteiger partial charge >= 0.3 is 0 Å². The molecule has 21 heavy (non-hydrogen) atoms. The van der Waals surface area contributed by atoms with Crippen molar-refractivity contribution in [3.8, 4) is 5.82 Å². The van der Waals surface area contributed by atoms with Crippen LogP contribution in [0.15, 0.2) is 47.9 Å². The minimum Gasteiger partial charge on any atom is -0.281 e. The Labute approximate surface area is 120 Å². The van der Waals surface area contributed by atoms with Crippen LogP contribution in [0.2, 0.25) is 0 Å². The molecule has 0 aliphatic carbocycles. The normalized spacial score (nSPS) is 11.5. The number of pyridine rings is 1. The third-order valence-electron chi connectivity index (χ3n) is 2.81. The first-order chi connectivity index (χ1) is 10.1. The lowest BCUT2D eigenvalue weighted by molar-refractivity contribution is 0.600. The van der Waals surface area contributed by atoms with Crippen LogP contribution in [-0.2, 0) is 10.0 Å². The molecule has 0 spiro atoms. The zero-order valence-corrected chi connectivity index (χ0v) is 11.9. The molecule has 0 unspecified atom stereocenters. The highest BCUT2D eigenvalue weighted by Gasteiger charge is 2.18. The molecule has 3 heterocycles. The fourth-order valence-corrected chi connectivity index (χ4v) is 2.99. The zero-order chi connectivity index (χ0) is 14.9. The summed E-state index contributed by atoms with van der Waals surface area (Å²) in [5.74, 6) is 0.599. The Morgan fingerprint density at radius 1 is 1.29 bits per heavy atom. The second kappa shape index (κ2) is 5.02. The van der Waals surface area contributed by atoms with Crippen molar-refractivity contribution in [1.82, 2.24) is 25.0 Å². The van der Waals surface area contributed by atoms with Gasteiger partial charge in [0.1, 0.15) is 4.90 Å². The maximum atomic E-state index is 12.2. The van der Waals surface area contributed by atoms with Crippen molar-refractivity contribution in [2.45, 2.75) is 11.8 Å². The van der Waals surface area contributed by atoms with E-state index in [1.165, 1.54) is 12.4 Å². The summed E-state index contributed by atoms with van der Waals surface area (Å²) in [5, 5.41) is 10.3. The molecule has 0 aliphatic rings. The summed E-state index contributed by atoms with van der Waals surface area (Å²) in [4.78, 5) is 4.27. The van der Waals surface area contributed by atoms with Gasteiger partial charge < -0.3 is 0 Å². The van der Waals surface area contributed by atoms with Crippen LogP contribution in [0.1, 0.15) is 5.69 Å². The average Bonchev–Trinajstić information content (AvgIpc) is 3.10. The predicted molar refractivity (Wildman–Crippen MR) is 75.5 cm³/mol. The second-order valence-electron chi connectivity index (χ2n) is 4.32. The minimum atomic E-state index is -3.67. The van der Waals surface area contributed by atoms with Crippen LogP contribution < -0.4 is 4.72 Å². The molecule has 0 bridgehead atoms. The number of aromatic amines is 1. The van der Waals surface area contributed by atoms with Crippen LogP contribution in [0.4, 0.5) is 5.69 Å². The molecule has 9 heteroatoms. The first kappa shape index (κ1) is 13.3. The van der Waals surface area contributed by atoms with Crippen molar-refractivity contribution >= 4 is 15.7 Å². The van der Waals surface area contributed by atoms with Gasteiger partial charge in [-0.3, -0.25) is 9.82 Å². The molecule has 0 fully saturated rings. The van der Waals surface area contributed by atoms with E-state index in [1.54, 1.807) is 42.2 Å². The number of hydrogen-bond acceptors (Lipinski definition) is 5. The topological polar surface area (TPSA) is 106 Å². The number of rotatable bonds is 4.